The van der Waals surface area contributed by atoms with Crippen LogP contribution in [0.5, 0.6) is 0 Å². The van der Waals surface area contributed by atoms with Crippen LogP contribution >= 0.6 is 0 Å². The van der Waals surface area contributed by atoms with E-state index >= 15 is 0 Å². The molecule has 0 fully saturated rings. The van der Waals surface area contributed by atoms with Crippen molar-refractivity contribution in [2.24, 2.45) is 0 Å². The third-order valence-electron chi connectivity index (χ3n) is 10.0. The van der Waals surface area contributed by atoms with E-state index in [4.69, 9.17) is 4.42 Å². The number of benzene rings is 7. The lowest BCUT2D eigenvalue weighted by molar-refractivity contribution is 0.672. The molecule has 1 nitrogen and oxygen atoms in total. The van der Waals surface area contributed by atoms with Crippen molar-refractivity contribution in [3.05, 3.63) is 167 Å². The van der Waals surface area contributed by atoms with E-state index in [9.17, 15) is 0 Å². The van der Waals surface area contributed by atoms with Gasteiger partial charge in [-0.2, -0.15) is 0 Å². The van der Waals surface area contributed by atoms with Crippen molar-refractivity contribution >= 4 is 32.7 Å². The Balaban J connectivity index is 1.41. The summed E-state index contributed by atoms with van der Waals surface area (Å²) in [7, 11) is 0. The van der Waals surface area contributed by atoms with Gasteiger partial charge in [-0.3, -0.25) is 0 Å². The summed E-state index contributed by atoms with van der Waals surface area (Å²) in [5, 5.41) is 4.74. The van der Waals surface area contributed by atoms with Gasteiger partial charge in [0.05, 0.1) is 5.41 Å². The van der Waals surface area contributed by atoms with Crippen molar-refractivity contribution in [3.8, 4) is 33.4 Å². The topological polar surface area (TPSA) is 13.1 Å². The van der Waals surface area contributed by atoms with Crippen LogP contribution in [0.1, 0.15) is 27.8 Å². The van der Waals surface area contributed by atoms with E-state index in [1.54, 1.807) is 0 Å². The van der Waals surface area contributed by atoms with E-state index in [1.165, 1.54) is 77.4 Å². The minimum absolute atomic E-state index is 0.403. The molecule has 0 aliphatic heterocycles. The Labute approximate surface area is 249 Å². The van der Waals surface area contributed by atoms with Crippen LogP contribution in [-0.2, 0) is 5.41 Å². The van der Waals surface area contributed by atoms with Crippen molar-refractivity contribution in [3.63, 3.8) is 0 Å². The van der Waals surface area contributed by atoms with Gasteiger partial charge in [0.25, 0.3) is 0 Å². The third kappa shape index (κ3) is 2.73. The maximum Gasteiger partial charge on any atom is 0.143 e. The monoisotopic (exact) mass is 546 g/mol. The van der Waals surface area contributed by atoms with Crippen molar-refractivity contribution < 1.29 is 4.42 Å². The molecule has 1 aromatic heterocycles. The van der Waals surface area contributed by atoms with Crippen LogP contribution in [0.25, 0.3) is 66.1 Å². The zero-order valence-electron chi connectivity index (χ0n) is 23.7. The Morgan fingerprint density at radius 1 is 0.442 bits per heavy atom. The standard InChI is InChI=1S/C42H26O/c1-25-12-10-23-38-39(25)34-24-33(26-13-2-3-17-32(26)41(34)43-38)31-19-11-18-30-29-16-6-9-22-37(29)42(40(30)31)35-20-7-4-14-27(35)28-15-5-8-21-36(28)42/h2-24H,1H3. The highest BCUT2D eigenvalue weighted by molar-refractivity contribution is 6.20. The van der Waals surface area contributed by atoms with Crippen molar-refractivity contribution in [1.29, 1.82) is 0 Å². The number of furan rings is 1. The maximum absolute atomic E-state index is 6.57. The van der Waals surface area contributed by atoms with Crippen LogP contribution in [0.4, 0.5) is 0 Å². The predicted molar refractivity (Wildman–Crippen MR) is 178 cm³/mol. The van der Waals surface area contributed by atoms with Gasteiger partial charge in [0.2, 0.25) is 0 Å². The van der Waals surface area contributed by atoms with E-state index < -0.39 is 5.41 Å². The second kappa shape index (κ2) is 8.12. The molecule has 8 aromatic rings. The summed E-state index contributed by atoms with van der Waals surface area (Å²) >= 11 is 0. The lowest BCUT2D eigenvalue weighted by atomic mass is 9.68. The first-order valence-electron chi connectivity index (χ1n) is 15.0. The molecule has 200 valence electrons. The first-order valence-corrected chi connectivity index (χ1v) is 15.0. The molecule has 0 N–H and O–H groups in total. The quantitative estimate of drug-likeness (QED) is 0.200. The molecule has 1 spiro atoms. The van der Waals surface area contributed by atoms with E-state index in [0.717, 1.165) is 16.6 Å². The Morgan fingerprint density at radius 2 is 0.953 bits per heavy atom. The number of rotatable bonds is 1. The van der Waals surface area contributed by atoms with E-state index in [2.05, 4.69) is 146 Å². The second-order valence-electron chi connectivity index (χ2n) is 12.0. The summed E-state index contributed by atoms with van der Waals surface area (Å²) < 4.78 is 6.57. The minimum Gasteiger partial charge on any atom is -0.455 e. The molecule has 0 atom stereocenters. The average molecular weight is 547 g/mol. The Morgan fingerprint density at radius 3 is 1.63 bits per heavy atom. The van der Waals surface area contributed by atoms with Gasteiger partial charge in [-0.1, -0.05) is 127 Å². The number of hydrogen-bond donors (Lipinski definition) is 0. The number of hydrogen-bond acceptors (Lipinski definition) is 1. The molecule has 2 aliphatic carbocycles. The summed E-state index contributed by atoms with van der Waals surface area (Å²) in [4.78, 5) is 0. The van der Waals surface area contributed by atoms with Gasteiger partial charge < -0.3 is 4.42 Å². The van der Waals surface area contributed by atoms with Crippen molar-refractivity contribution in [1.82, 2.24) is 0 Å². The van der Waals surface area contributed by atoms with Gasteiger partial charge in [-0.25, -0.2) is 0 Å². The smallest absolute Gasteiger partial charge is 0.143 e. The first kappa shape index (κ1) is 23.2. The average Bonchev–Trinajstić information content (AvgIpc) is 3.69. The van der Waals surface area contributed by atoms with Crippen LogP contribution in [-0.4, -0.2) is 0 Å². The van der Waals surface area contributed by atoms with Gasteiger partial charge >= 0.3 is 0 Å². The molecule has 0 unspecified atom stereocenters. The molecule has 43 heavy (non-hydrogen) atoms. The molecular weight excluding hydrogens is 520 g/mol. The molecule has 0 saturated heterocycles. The minimum atomic E-state index is -0.403. The summed E-state index contributed by atoms with van der Waals surface area (Å²) in [5.41, 5.74) is 16.0. The first-order chi connectivity index (χ1) is 21.3. The summed E-state index contributed by atoms with van der Waals surface area (Å²) in [6.45, 7) is 2.18. The van der Waals surface area contributed by atoms with Crippen LogP contribution < -0.4 is 0 Å². The SMILES string of the molecule is Cc1cccc2oc3c4ccccc4c(-c4cccc5c4C4(c6ccccc6-c6ccccc64)c4ccccc4-5)cc3c12. The van der Waals surface area contributed by atoms with Crippen LogP contribution in [0.15, 0.2) is 144 Å². The molecule has 0 saturated carbocycles. The van der Waals surface area contributed by atoms with Crippen LogP contribution in [0.2, 0.25) is 0 Å². The van der Waals surface area contributed by atoms with E-state index in [0.29, 0.717) is 0 Å². The lowest BCUT2D eigenvalue weighted by Crippen LogP contribution is -2.26. The maximum atomic E-state index is 6.57. The molecule has 1 heterocycles. The molecule has 0 bridgehead atoms. The number of aryl methyl sites for hydroxylation is 1. The Hall–Kier alpha value is -5.40. The summed E-state index contributed by atoms with van der Waals surface area (Å²) in [6.07, 6.45) is 0. The van der Waals surface area contributed by atoms with Gasteiger partial charge in [-0.15, -0.1) is 0 Å². The second-order valence-corrected chi connectivity index (χ2v) is 12.0. The largest absolute Gasteiger partial charge is 0.455 e. The fourth-order valence-electron chi connectivity index (χ4n) is 8.43. The molecule has 1 heteroatoms. The zero-order valence-corrected chi connectivity index (χ0v) is 23.7. The highest BCUT2D eigenvalue weighted by Crippen LogP contribution is 2.64. The zero-order chi connectivity index (χ0) is 28.3. The Bertz CT molecular complexity index is 2410. The van der Waals surface area contributed by atoms with Crippen LogP contribution in [0, 0.1) is 6.92 Å². The highest BCUT2D eigenvalue weighted by Gasteiger charge is 2.52. The fraction of sp³-hybridized carbons (Fsp3) is 0.0476. The van der Waals surface area contributed by atoms with Gasteiger partial charge in [-0.05, 0) is 85.6 Å². The normalized spacial score (nSPS) is 13.9. The molecule has 0 amide bonds. The number of fused-ring (bicyclic) bond motifs is 15. The lowest BCUT2D eigenvalue weighted by Gasteiger charge is -2.32. The fourth-order valence-corrected chi connectivity index (χ4v) is 8.43. The van der Waals surface area contributed by atoms with Gasteiger partial charge in [0.1, 0.15) is 11.2 Å². The molecule has 0 radical (unpaired) electrons. The third-order valence-corrected chi connectivity index (χ3v) is 10.0. The molecular formula is C42H26O. The Kier molecular flexibility index (Phi) is 4.38. The summed E-state index contributed by atoms with van der Waals surface area (Å²) in [6, 6.07) is 51.6. The van der Waals surface area contributed by atoms with Crippen LogP contribution in [0.3, 0.4) is 0 Å². The molecule has 2 aliphatic rings. The summed E-state index contributed by atoms with van der Waals surface area (Å²) in [5.74, 6) is 0. The van der Waals surface area contributed by atoms with Gasteiger partial charge in [0.15, 0.2) is 0 Å². The molecule has 10 rings (SSSR count). The van der Waals surface area contributed by atoms with E-state index in [1.807, 2.05) is 0 Å². The predicted octanol–water partition coefficient (Wildman–Crippen LogP) is 11.1. The van der Waals surface area contributed by atoms with Crippen molar-refractivity contribution in [2.45, 2.75) is 12.3 Å². The van der Waals surface area contributed by atoms with Crippen molar-refractivity contribution in [2.75, 3.05) is 0 Å². The molecule has 7 aromatic carbocycles. The highest BCUT2D eigenvalue weighted by atomic mass is 16.3. The van der Waals surface area contributed by atoms with Gasteiger partial charge in [0, 0.05) is 16.2 Å². The van der Waals surface area contributed by atoms with E-state index in [-0.39, 0.29) is 0 Å².